The second-order valence-corrected chi connectivity index (χ2v) is 3.35. The minimum atomic E-state index is 1.09. The quantitative estimate of drug-likeness (QED) is 0.657. The number of hydrogen-bond acceptors (Lipinski definition) is 1. The number of allylic oxidation sites excluding steroid dienone is 2. The van der Waals surface area contributed by atoms with Gasteiger partial charge in [0.1, 0.15) is 0 Å². The maximum Gasteiger partial charge on any atom is 0.0733 e. The zero-order chi connectivity index (χ0) is 9.97. The highest BCUT2D eigenvalue weighted by atomic mass is 14.7. The molecule has 0 bridgehead atoms. The van der Waals surface area contributed by atoms with Crippen molar-refractivity contribution >= 4 is 16.3 Å². The average Bonchev–Trinajstić information content (AvgIpc) is 2.27. The third kappa shape index (κ3) is 1.41. The molecule has 1 aromatic heterocycles. The van der Waals surface area contributed by atoms with E-state index in [9.17, 15) is 0 Å². The Morgan fingerprint density at radius 2 is 2.00 bits per heavy atom. The molecule has 2 aromatic rings. The Morgan fingerprint density at radius 1 is 1.21 bits per heavy atom. The number of benzene rings is 1. The van der Waals surface area contributed by atoms with Crippen molar-refractivity contribution < 1.29 is 0 Å². The van der Waals surface area contributed by atoms with Gasteiger partial charge in [0.2, 0.25) is 0 Å². The third-order valence-corrected chi connectivity index (χ3v) is 2.48. The Kier molecular flexibility index (Phi) is 2.32. The molecule has 0 unspecified atom stereocenters. The summed E-state index contributed by atoms with van der Waals surface area (Å²) in [7, 11) is 0. The van der Waals surface area contributed by atoms with Crippen LogP contribution >= 0.6 is 0 Å². The smallest absolute Gasteiger partial charge is 0.0733 e. The summed E-state index contributed by atoms with van der Waals surface area (Å²) >= 11 is 0. The third-order valence-electron chi connectivity index (χ3n) is 2.48. The molecule has 0 aliphatic carbocycles. The molecule has 0 radical (unpaired) electrons. The van der Waals surface area contributed by atoms with Crippen molar-refractivity contribution in [3.8, 4) is 0 Å². The molecule has 1 heterocycles. The van der Waals surface area contributed by atoms with E-state index in [4.69, 9.17) is 0 Å². The van der Waals surface area contributed by atoms with E-state index in [1.54, 1.807) is 0 Å². The van der Waals surface area contributed by atoms with Crippen molar-refractivity contribution in [1.82, 2.24) is 4.98 Å². The van der Waals surface area contributed by atoms with Gasteiger partial charge in [-0.1, -0.05) is 30.3 Å². The fourth-order valence-electron chi connectivity index (χ4n) is 1.57. The van der Waals surface area contributed by atoms with Crippen LogP contribution in [0.5, 0.6) is 0 Å². The highest BCUT2D eigenvalue weighted by Gasteiger charge is 2.01. The fraction of sp³-hybridized carbons (Fsp3) is 0.154. The maximum atomic E-state index is 4.41. The van der Waals surface area contributed by atoms with Crippen molar-refractivity contribution in [3.05, 3.63) is 48.3 Å². The highest BCUT2D eigenvalue weighted by Crippen LogP contribution is 2.21. The van der Waals surface area contributed by atoms with Crippen LogP contribution in [0.1, 0.15) is 19.5 Å². The SMILES string of the molecule is CC=C(C)c1nccc2ccccc12. The van der Waals surface area contributed by atoms with Crippen molar-refractivity contribution in [3.63, 3.8) is 0 Å². The average molecular weight is 183 g/mol. The normalized spacial score (nSPS) is 12.0. The second-order valence-electron chi connectivity index (χ2n) is 3.35. The van der Waals surface area contributed by atoms with Crippen molar-refractivity contribution in [2.24, 2.45) is 0 Å². The zero-order valence-corrected chi connectivity index (χ0v) is 8.49. The molecule has 0 atom stereocenters. The first kappa shape index (κ1) is 8.95. The van der Waals surface area contributed by atoms with Crippen LogP contribution in [0.15, 0.2) is 42.6 Å². The molecule has 1 aromatic carbocycles. The molecule has 0 aliphatic heterocycles. The lowest BCUT2D eigenvalue weighted by atomic mass is 10.1. The zero-order valence-electron chi connectivity index (χ0n) is 8.49. The number of fused-ring (bicyclic) bond motifs is 1. The summed E-state index contributed by atoms with van der Waals surface area (Å²) in [4.78, 5) is 4.41. The summed E-state index contributed by atoms with van der Waals surface area (Å²) in [6.45, 7) is 4.13. The van der Waals surface area contributed by atoms with Gasteiger partial charge in [0, 0.05) is 11.6 Å². The molecular formula is C13H13N. The topological polar surface area (TPSA) is 12.9 Å². The molecule has 1 heteroatoms. The van der Waals surface area contributed by atoms with E-state index >= 15 is 0 Å². The van der Waals surface area contributed by atoms with Gasteiger partial charge in [-0.3, -0.25) is 4.98 Å². The van der Waals surface area contributed by atoms with Crippen molar-refractivity contribution in [2.75, 3.05) is 0 Å². The molecular weight excluding hydrogens is 170 g/mol. The van der Waals surface area contributed by atoms with Gasteiger partial charge in [-0.15, -0.1) is 0 Å². The van der Waals surface area contributed by atoms with Crippen LogP contribution < -0.4 is 0 Å². The van der Waals surface area contributed by atoms with Gasteiger partial charge in [0.25, 0.3) is 0 Å². The molecule has 0 amide bonds. The molecule has 0 spiro atoms. The summed E-state index contributed by atoms with van der Waals surface area (Å²) in [6.07, 6.45) is 3.96. The first-order valence-corrected chi connectivity index (χ1v) is 4.80. The van der Waals surface area contributed by atoms with Gasteiger partial charge in [-0.05, 0) is 30.9 Å². The van der Waals surface area contributed by atoms with Gasteiger partial charge in [0.05, 0.1) is 5.69 Å². The summed E-state index contributed by atoms with van der Waals surface area (Å²) in [5, 5.41) is 2.48. The van der Waals surface area contributed by atoms with Crippen LogP contribution in [-0.2, 0) is 0 Å². The monoisotopic (exact) mass is 183 g/mol. The van der Waals surface area contributed by atoms with Gasteiger partial charge in [-0.2, -0.15) is 0 Å². The van der Waals surface area contributed by atoms with Gasteiger partial charge >= 0.3 is 0 Å². The van der Waals surface area contributed by atoms with Crippen molar-refractivity contribution in [2.45, 2.75) is 13.8 Å². The standard InChI is InChI=1S/C13H13N/c1-3-10(2)13-12-7-5-4-6-11(12)8-9-14-13/h3-9H,1-2H3. The lowest BCUT2D eigenvalue weighted by molar-refractivity contribution is 1.30. The number of pyridine rings is 1. The van der Waals surface area contributed by atoms with Gasteiger partial charge < -0.3 is 0 Å². The molecule has 0 saturated carbocycles. The van der Waals surface area contributed by atoms with Crippen molar-refractivity contribution in [1.29, 1.82) is 0 Å². The van der Waals surface area contributed by atoms with E-state index in [-0.39, 0.29) is 0 Å². The Balaban J connectivity index is 2.77. The van der Waals surface area contributed by atoms with Crippen LogP contribution in [0.3, 0.4) is 0 Å². The maximum absolute atomic E-state index is 4.41. The first-order valence-electron chi connectivity index (χ1n) is 4.80. The molecule has 70 valence electrons. The molecule has 0 N–H and O–H groups in total. The summed E-state index contributed by atoms with van der Waals surface area (Å²) in [5.74, 6) is 0. The molecule has 2 rings (SSSR count). The Hall–Kier alpha value is -1.63. The van der Waals surface area contributed by atoms with E-state index in [2.05, 4.69) is 42.2 Å². The molecule has 0 saturated heterocycles. The number of hydrogen-bond donors (Lipinski definition) is 0. The van der Waals surface area contributed by atoms with E-state index in [0.29, 0.717) is 0 Å². The van der Waals surface area contributed by atoms with Crippen LogP contribution in [-0.4, -0.2) is 4.98 Å². The van der Waals surface area contributed by atoms with Crippen LogP contribution in [0.2, 0.25) is 0 Å². The van der Waals surface area contributed by atoms with E-state index in [0.717, 1.165) is 5.69 Å². The van der Waals surface area contributed by atoms with Crippen LogP contribution in [0.25, 0.3) is 16.3 Å². The number of nitrogens with zero attached hydrogens (tertiary/aromatic N) is 1. The molecule has 14 heavy (non-hydrogen) atoms. The Morgan fingerprint density at radius 3 is 2.79 bits per heavy atom. The summed E-state index contributed by atoms with van der Waals surface area (Å²) in [5.41, 5.74) is 2.31. The summed E-state index contributed by atoms with van der Waals surface area (Å²) < 4.78 is 0. The predicted molar refractivity (Wildman–Crippen MR) is 61.1 cm³/mol. The molecule has 1 nitrogen and oxygen atoms in total. The van der Waals surface area contributed by atoms with E-state index in [1.807, 2.05) is 19.2 Å². The number of rotatable bonds is 1. The Labute approximate surface area is 84.1 Å². The largest absolute Gasteiger partial charge is 0.256 e. The minimum absolute atomic E-state index is 1.09. The van der Waals surface area contributed by atoms with E-state index < -0.39 is 0 Å². The van der Waals surface area contributed by atoms with Gasteiger partial charge in [-0.25, -0.2) is 0 Å². The lowest BCUT2D eigenvalue weighted by Crippen LogP contribution is -1.87. The molecule has 0 fully saturated rings. The number of aromatic nitrogens is 1. The Bertz CT molecular complexity index is 478. The summed E-state index contributed by atoms with van der Waals surface area (Å²) in [6, 6.07) is 10.4. The fourth-order valence-corrected chi connectivity index (χ4v) is 1.57. The van der Waals surface area contributed by atoms with E-state index in [1.165, 1.54) is 16.3 Å². The predicted octanol–water partition coefficient (Wildman–Crippen LogP) is 3.66. The first-order chi connectivity index (χ1) is 6.83. The highest BCUT2D eigenvalue weighted by molar-refractivity contribution is 5.91. The lowest BCUT2D eigenvalue weighted by Gasteiger charge is -2.04. The van der Waals surface area contributed by atoms with Crippen LogP contribution in [0, 0.1) is 0 Å². The van der Waals surface area contributed by atoms with Gasteiger partial charge in [0.15, 0.2) is 0 Å². The minimum Gasteiger partial charge on any atom is -0.256 e. The molecule has 0 aliphatic rings. The second kappa shape index (κ2) is 3.62. The van der Waals surface area contributed by atoms with Crippen LogP contribution in [0.4, 0.5) is 0 Å².